The predicted octanol–water partition coefficient (Wildman–Crippen LogP) is 2.90. The van der Waals surface area contributed by atoms with Crippen LogP contribution in [-0.4, -0.2) is 16.8 Å². The molecule has 0 spiro atoms. The SMILES string of the molecule is CC(C)c1nn(C)c(N(C)Cc2ccc(F)cc2)c1N. The van der Waals surface area contributed by atoms with Crippen molar-refractivity contribution in [2.24, 2.45) is 7.05 Å². The molecule has 108 valence electrons. The van der Waals surface area contributed by atoms with Crippen LogP contribution >= 0.6 is 0 Å². The zero-order valence-corrected chi connectivity index (χ0v) is 12.4. The lowest BCUT2D eigenvalue weighted by atomic mass is 10.1. The molecule has 0 bridgehead atoms. The van der Waals surface area contributed by atoms with Gasteiger partial charge in [-0.3, -0.25) is 4.68 Å². The second kappa shape index (κ2) is 5.53. The molecule has 2 N–H and O–H groups in total. The van der Waals surface area contributed by atoms with E-state index in [0.717, 1.165) is 17.1 Å². The average molecular weight is 276 g/mol. The quantitative estimate of drug-likeness (QED) is 0.934. The molecule has 1 heterocycles. The minimum Gasteiger partial charge on any atom is -0.394 e. The zero-order chi connectivity index (χ0) is 14.9. The summed E-state index contributed by atoms with van der Waals surface area (Å²) in [7, 11) is 3.85. The van der Waals surface area contributed by atoms with Crippen molar-refractivity contribution in [2.45, 2.75) is 26.3 Å². The van der Waals surface area contributed by atoms with Crippen molar-refractivity contribution in [1.82, 2.24) is 9.78 Å². The molecule has 4 nitrogen and oxygen atoms in total. The first-order valence-electron chi connectivity index (χ1n) is 6.68. The fraction of sp³-hybridized carbons (Fsp3) is 0.400. The van der Waals surface area contributed by atoms with E-state index >= 15 is 0 Å². The van der Waals surface area contributed by atoms with Crippen molar-refractivity contribution in [3.05, 3.63) is 41.3 Å². The average Bonchev–Trinajstić information content (AvgIpc) is 2.68. The minimum absolute atomic E-state index is 0.224. The minimum atomic E-state index is -0.224. The van der Waals surface area contributed by atoms with Crippen LogP contribution in [0.15, 0.2) is 24.3 Å². The third-order valence-corrected chi connectivity index (χ3v) is 3.32. The summed E-state index contributed by atoms with van der Waals surface area (Å²) in [5.74, 6) is 0.950. The molecule has 0 aliphatic heterocycles. The Morgan fingerprint density at radius 3 is 2.40 bits per heavy atom. The third kappa shape index (κ3) is 2.76. The van der Waals surface area contributed by atoms with Gasteiger partial charge in [0, 0.05) is 20.6 Å². The van der Waals surface area contributed by atoms with E-state index in [-0.39, 0.29) is 11.7 Å². The van der Waals surface area contributed by atoms with E-state index in [4.69, 9.17) is 5.73 Å². The van der Waals surface area contributed by atoms with Crippen LogP contribution in [0.5, 0.6) is 0 Å². The number of hydrogen-bond acceptors (Lipinski definition) is 3. The summed E-state index contributed by atoms with van der Waals surface area (Å²) in [6.45, 7) is 4.80. The van der Waals surface area contributed by atoms with Crippen LogP contribution in [0.2, 0.25) is 0 Å². The van der Waals surface area contributed by atoms with Crippen molar-refractivity contribution in [3.63, 3.8) is 0 Å². The van der Waals surface area contributed by atoms with E-state index in [9.17, 15) is 4.39 Å². The normalized spacial score (nSPS) is 11.1. The van der Waals surface area contributed by atoms with Gasteiger partial charge in [-0.2, -0.15) is 5.10 Å². The lowest BCUT2D eigenvalue weighted by Crippen LogP contribution is -2.20. The van der Waals surface area contributed by atoms with Crippen molar-refractivity contribution >= 4 is 11.5 Å². The molecule has 0 unspecified atom stereocenters. The third-order valence-electron chi connectivity index (χ3n) is 3.32. The first-order chi connectivity index (χ1) is 9.40. The van der Waals surface area contributed by atoms with Crippen LogP contribution in [0.4, 0.5) is 15.9 Å². The van der Waals surface area contributed by atoms with Gasteiger partial charge in [0.05, 0.1) is 11.4 Å². The van der Waals surface area contributed by atoms with Gasteiger partial charge >= 0.3 is 0 Å². The molecule has 0 aliphatic carbocycles. The van der Waals surface area contributed by atoms with E-state index in [1.54, 1.807) is 16.8 Å². The summed E-state index contributed by atoms with van der Waals surface area (Å²) in [5.41, 5.74) is 8.85. The number of rotatable bonds is 4. The summed E-state index contributed by atoms with van der Waals surface area (Å²) >= 11 is 0. The highest BCUT2D eigenvalue weighted by Gasteiger charge is 2.18. The lowest BCUT2D eigenvalue weighted by molar-refractivity contribution is 0.626. The zero-order valence-electron chi connectivity index (χ0n) is 12.4. The number of nitrogens with two attached hydrogens (primary N) is 1. The summed E-state index contributed by atoms with van der Waals surface area (Å²) in [5, 5.41) is 4.48. The largest absolute Gasteiger partial charge is 0.394 e. The Morgan fingerprint density at radius 2 is 1.90 bits per heavy atom. The van der Waals surface area contributed by atoms with Gasteiger partial charge in [-0.1, -0.05) is 26.0 Å². The first kappa shape index (κ1) is 14.4. The Morgan fingerprint density at radius 1 is 1.30 bits per heavy atom. The van der Waals surface area contributed by atoms with Crippen LogP contribution in [0.1, 0.15) is 31.0 Å². The monoisotopic (exact) mass is 276 g/mol. The molecule has 1 aromatic heterocycles. The van der Waals surface area contributed by atoms with Crippen LogP contribution < -0.4 is 10.6 Å². The molecular weight excluding hydrogens is 255 g/mol. The molecular formula is C15H21FN4. The number of halogens is 1. The molecule has 20 heavy (non-hydrogen) atoms. The molecule has 0 saturated heterocycles. The Hall–Kier alpha value is -2.04. The van der Waals surface area contributed by atoms with Crippen molar-refractivity contribution < 1.29 is 4.39 Å². The number of hydrogen-bond donors (Lipinski definition) is 1. The van der Waals surface area contributed by atoms with E-state index in [1.807, 2.05) is 19.0 Å². The summed E-state index contributed by atoms with van der Waals surface area (Å²) in [6.07, 6.45) is 0. The Balaban J connectivity index is 2.25. The Kier molecular flexibility index (Phi) is 3.97. The number of anilines is 2. The van der Waals surface area contributed by atoms with Gasteiger partial charge in [0.15, 0.2) is 0 Å². The number of nitrogens with zero attached hydrogens (tertiary/aromatic N) is 3. The van der Waals surface area contributed by atoms with Crippen LogP contribution in [0.25, 0.3) is 0 Å². The molecule has 0 radical (unpaired) electrons. The van der Waals surface area contributed by atoms with Gasteiger partial charge in [-0.05, 0) is 23.6 Å². The predicted molar refractivity (Wildman–Crippen MR) is 80.2 cm³/mol. The Labute approximate surface area is 119 Å². The Bertz CT molecular complexity index is 587. The molecule has 2 aromatic rings. The van der Waals surface area contributed by atoms with Gasteiger partial charge in [0.1, 0.15) is 11.6 Å². The van der Waals surface area contributed by atoms with Gasteiger partial charge in [0.2, 0.25) is 0 Å². The maximum Gasteiger partial charge on any atom is 0.150 e. The van der Waals surface area contributed by atoms with Gasteiger partial charge in [-0.25, -0.2) is 4.39 Å². The molecule has 5 heteroatoms. The molecule has 0 aliphatic rings. The van der Waals surface area contributed by atoms with Crippen LogP contribution in [0, 0.1) is 5.82 Å². The standard InChI is InChI=1S/C15H21FN4/c1-10(2)14-13(17)15(20(4)18-14)19(3)9-11-5-7-12(16)8-6-11/h5-8,10H,9,17H2,1-4H3. The number of benzene rings is 1. The maximum absolute atomic E-state index is 12.9. The second-order valence-electron chi connectivity index (χ2n) is 5.38. The summed E-state index contributed by atoms with van der Waals surface area (Å²) in [6, 6.07) is 6.49. The van der Waals surface area contributed by atoms with Crippen molar-refractivity contribution in [3.8, 4) is 0 Å². The highest BCUT2D eigenvalue weighted by Crippen LogP contribution is 2.30. The van der Waals surface area contributed by atoms with Crippen molar-refractivity contribution in [1.29, 1.82) is 0 Å². The number of aryl methyl sites for hydroxylation is 1. The molecule has 0 fully saturated rings. The van der Waals surface area contributed by atoms with Gasteiger partial charge < -0.3 is 10.6 Å². The highest BCUT2D eigenvalue weighted by molar-refractivity contribution is 5.66. The summed E-state index contributed by atoms with van der Waals surface area (Å²) in [4.78, 5) is 2.03. The first-order valence-corrected chi connectivity index (χ1v) is 6.68. The maximum atomic E-state index is 12.9. The van der Waals surface area contributed by atoms with Gasteiger partial charge in [-0.15, -0.1) is 0 Å². The van der Waals surface area contributed by atoms with E-state index in [2.05, 4.69) is 18.9 Å². The second-order valence-corrected chi connectivity index (χ2v) is 5.38. The molecule has 0 atom stereocenters. The topological polar surface area (TPSA) is 47.1 Å². The van der Waals surface area contributed by atoms with Crippen LogP contribution in [0.3, 0.4) is 0 Å². The number of aromatic nitrogens is 2. The smallest absolute Gasteiger partial charge is 0.150 e. The lowest BCUT2D eigenvalue weighted by Gasteiger charge is -2.20. The van der Waals surface area contributed by atoms with E-state index in [0.29, 0.717) is 12.2 Å². The fourth-order valence-electron chi connectivity index (χ4n) is 2.37. The molecule has 0 saturated carbocycles. The molecule has 2 rings (SSSR count). The highest BCUT2D eigenvalue weighted by atomic mass is 19.1. The number of nitrogen functional groups attached to an aromatic ring is 1. The van der Waals surface area contributed by atoms with Crippen LogP contribution in [-0.2, 0) is 13.6 Å². The van der Waals surface area contributed by atoms with E-state index < -0.39 is 0 Å². The van der Waals surface area contributed by atoms with Crippen molar-refractivity contribution in [2.75, 3.05) is 17.7 Å². The van der Waals surface area contributed by atoms with Gasteiger partial charge in [0.25, 0.3) is 0 Å². The van der Waals surface area contributed by atoms with E-state index in [1.165, 1.54) is 12.1 Å². The summed E-state index contributed by atoms with van der Waals surface area (Å²) < 4.78 is 14.7. The fourth-order valence-corrected chi connectivity index (χ4v) is 2.37. The molecule has 0 amide bonds. The molecule has 1 aromatic carbocycles.